The largest absolute Gasteiger partial charge is 0.384 e. The van der Waals surface area contributed by atoms with Gasteiger partial charge in [0.15, 0.2) is 0 Å². The molecule has 0 unspecified atom stereocenters. The van der Waals surface area contributed by atoms with E-state index in [1.807, 2.05) is 37.3 Å². The minimum Gasteiger partial charge on any atom is -0.384 e. The van der Waals surface area contributed by atoms with Gasteiger partial charge in [0.05, 0.1) is 12.1 Å². The number of nitrogens with one attached hydrogen (secondary N) is 3. The molecule has 25 heavy (non-hydrogen) atoms. The van der Waals surface area contributed by atoms with Gasteiger partial charge in [-0.2, -0.15) is 0 Å². The van der Waals surface area contributed by atoms with Crippen LogP contribution < -0.4 is 10.6 Å². The number of aromatic amines is 1. The number of H-pyrrole nitrogens is 1. The summed E-state index contributed by atoms with van der Waals surface area (Å²) in [6, 6.07) is 16.0. The van der Waals surface area contributed by atoms with Crippen molar-refractivity contribution in [3.8, 4) is 11.3 Å². The molecule has 4 rings (SSSR count). The van der Waals surface area contributed by atoms with Gasteiger partial charge in [0.2, 0.25) is 11.9 Å². The Balaban J connectivity index is 1.51. The van der Waals surface area contributed by atoms with Crippen LogP contribution in [0.15, 0.2) is 48.5 Å². The van der Waals surface area contributed by atoms with E-state index >= 15 is 0 Å². The van der Waals surface area contributed by atoms with E-state index in [0.717, 1.165) is 35.5 Å². The first-order valence-corrected chi connectivity index (χ1v) is 8.46. The van der Waals surface area contributed by atoms with Gasteiger partial charge in [-0.3, -0.25) is 10.1 Å². The molecule has 1 amide bonds. The zero-order chi connectivity index (χ0) is 17.2. The SMILES string of the molecule is Cc1[nH]c(NC(=O)Cc2ccccc2)nc1-c1ccc2c(c1)CCN2. The van der Waals surface area contributed by atoms with Gasteiger partial charge in [-0.05, 0) is 36.6 Å². The number of hydrogen-bond donors (Lipinski definition) is 3. The molecule has 2 heterocycles. The molecule has 0 bridgehead atoms. The number of amides is 1. The third-order valence-corrected chi connectivity index (χ3v) is 4.44. The number of carbonyl (C=O) groups is 1. The number of aromatic nitrogens is 2. The smallest absolute Gasteiger partial charge is 0.231 e. The maximum absolute atomic E-state index is 12.2. The van der Waals surface area contributed by atoms with Crippen LogP contribution in [-0.4, -0.2) is 22.4 Å². The molecular weight excluding hydrogens is 312 g/mol. The quantitative estimate of drug-likeness (QED) is 0.684. The Bertz CT molecular complexity index is 915. The van der Waals surface area contributed by atoms with E-state index in [-0.39, 0.29) is 5.91 Å². The van der Waals surface area contributed by atoms with Gasteiger partial charge >= 0.3 is 0 Å². The molecule has 5 nitrogen and oxygen atoms in total. The molecule has 0 fully saturated rings. The number of anilines is 2. The zero-order valence-corrected chi connectivity index (χ0v) is 14.1. The Hall–Kier alpha value is -3.08. The van der Waals surface area contributed by atoms with E-state index < -0.39 is 0 Å². The van der Waals surface area contributed by atoms with Crippen molar-refractivity contribution in [1.29, 1.82) is 0 Å². The Morgan fingerprint density at radius 1 is 1.20 bits per heavy atom. The van der Waals surface area contributed by atoms with Crippen molar-refractivity contribution in [2.24, 2.45) is 0 Å². The molecule has 0 aliphatic carbocycles. The number of nitrogens with zero attached hydrogens (tertiary/aromatic N) is 1. The number of fused-ring (bicyclic) bond motifs is 1. The van der Waals surface area contributed by atoms with Crippen LogP contribution in [0.4, 0.5) is 11.6 Å². The molecular formula is C20H20N4O. The third-order valence-electron chi connectivity index (χ3n) is 4.44. The first-order valence-electron chi connectivity index (χ1n) is 8.46. The molecule has 3 N–H and O–H groups in total. The van der Waals surface area contributed by atoms with Crippen molar-refractivity contribution in [3.63, 3.8) is 0 Å². The first kappa shape index (κ1) is 15.4. The summed E-state index contributed by atoms with van der Waals surface area (Å²) in [5, 5.41) is 6.22. The van der Waals surface area contributed by atoms with E-state index in [0.29, 0.717) is 12.4 Å². The van der Waals surface area contributed by atoms with Gasteiger partial charge in [0.25, 0.3) is 0 Å². The Morgan fingerprint density at radius 3 is 2.88 bits per heavy atom. The molecule has 0 radical (unpaired) electrons. The maximum Gasteiger partial charge on any atom is 0.231 e. The summed E-state index contributed by atoms with van der Waals surface area (Å²) in [4.78, 5) is 20.0. The van der Waals surface area contributed by atoms with Crippen molar-refractivity contribution >= 4 is 17.5 Å². The van der Waals surface area contributed by atoms with Crippen LogP contribution in [0.3, 0.4) is 0 Å². The van der Waals surface area contributed by atoms with Gasteiger partial charge in [-0.1, -0.05) is 36.4 Å². The Morgan fingerprint density at radius 2 is 2.04 bits per heavy atom. The molecule has 5 heteroatoms. The fourth-order valence-corrected chi connectivity index (χ4v) is 3.21. The predicted octanol–water partition coefficient (Wildman–Crippen LogP) is 3.53. The van der Waals surface area contributed by atoms with Crippen LogP contribution in [0.2, 0.25) is 0 Å². The predicted molar refractivity (Wildman–Crippen MR) is 99.7 cm³/mol. The molecule has 0 atom stereocenters. The van der Waals surface area contributed by atoms with E-state index in [1.54, 1.807) is 0 Å². The third kappa shape index (κ3) is 3.26. The lowest BCUT2D eigenvalue weighted by atomic mass is 10.1. The molecule has 1 aromatic heterocycles. The van der Waals surface area contributed by atoms with E-state index in [4.69, 9.17) is 0 Å². The molecule has 0 saturated carbocycles. The summed E-state index contributed by atoms with van der Waals surface area (Å²) < 4.78 is 0. The molecule has 126 valence electrons. The second-order valence-corrected chi connectivity index (χ2v) is 6.32. The van der Waals surface area contributed by atoms with E-state index in [2.05, 4.69) is 38.8 Å². The number of aryl methyl sites for hydroxylation is 1. The van der Waals surface area contributed by atoms with Crippen molar-refractivity contribution in [2.45, 2.75) is 19.8 Å². The van der Waals surface area contributed by atoms with Crippen molar-refractivity contribution < 1.29 is 4.79 Å². The van der Waals surface area contributed by atoms with Crippen molar-refractivity contribution in [2.75, 3.05) is 17.2 Å². The zero-order valence-electron chi connectivity index (χ0n) is 14.1. The van der Waals surface area contributed by atoms with Crippen molar-refractivity contribution in [3.05, 3.63) is 65.4 Å². The van der Waals surface area contributed by atoms with Gasteiger partial charge < -0.3 is 10.3 Å². The monoisotopic (exact) mass is 332 g/mol. The first-order chi connectivity index (χ1) is 12.2. The Labute approximate surface area is 146 Å². The van der Waals surface area contributed by atoms with Crippen LogP contribution in [0.25, 0.3) is 11.3 Å². The second-order valence-electron chi connectivity index (χ2n) is 6.32. The highest BCUT2D eigenvalue weighted by Gasteiger charge is 2.15. The number of imidazole rings is 1. The van der Waals surface area contributed by atoms with Crippen LogP contribution in [0, 0.1) is 6.92 Å². The highest BCUT2D eigenvalue weighted by molar-refractivity contribution is 5.91. The number of benzene rings is 2. The second kappa shape index (κ2) is 6.43. The van der Waals surface area contributed by atoms with E-state index in [9.17, 15) is 4.79 Å². The van der Waals surface area contributed by atoms with Crippen LogP contribution in [0.1, 0.15) is 16.8 Å². The fraction of sp³-hybridized carbons (Fsp3) is 0.200. The molecule has 1 aliphatic rings. The summed E-state index contributed by atoms with van der Waals surface area (Å²) in [5.74, 6) is 0.414. The summed E-state index contributed by atoms with van der Waals surface area (Å²) in [5.41, 5.74) is 6.39. The van der Waals surface area contributed by atoms with Crippen LogP contribution >= 0.6 is 0 Å². The van der Waals surface area contributed by atoms with Crippen molar-refractivity contribution in [1.82, 2.24) is 9.97 Å². The summed E-state index contributed by atoms with van der Waals surface area (Å²) in [6.07, 6.45) is 1.37. The van der Waals surface area contributed by atoms with E-state index in [1.165, 1.54) is 11.3 Å². The average molecular weight is 332 g/mol. The summed E-state index contributed by atoms with van der Waals surface area (Å²) in [6.45, 7) is 2.96. The van der Waals surface area contributed by atoms with Gasteiger partial charge in [-0.25, -0.2) is 4.98 Å². The van der Waals surface area contributed by atoms with Crippen LogP contribution in [0.5, 0.6) is 0 Å². The maximum atomic E-state index is 12.2. The number of hydrogen-bond acceptors (Lipinski definition) is 3. The Kier molecular flexibility index (Phi) is 3.98. The highest BCUT2D eigenvalue weighted by Crippen LogP contribution is 2.29. The van der Waals surface area contributed by atoms with Crippen LogP contribution in [-0.2, 0) is 17.6 Å². The van der Waals surface area contributed by atoms with Gasteiger partial charge in [0.1, 0.15) is 0 Å². The number of carbonyl (C=O) groups excluding carboxylic acids is 1. The van der Waals surface area contributed by atoms with Gasteiger partial charge in [0, 0.05) is 23.5 Å². The minimum atomic E-state index is -0.0790. The molecule has 0 saturated heterocycles. The summed E-state index contributed by atoms with van der Waals surface area (Å²) in [7, 11) is 0. The molecule has 0 spiro atoms. The number of rotatable bonds is 4. The lowest BCUT2D eigenvalue weighted by molar-refractivity contribution is -0.115. The minimum absolute atomic E-state index is 0.0790. The lowest BCUT2D eigenvalue weighted by Gasteiger charge is -2.03. The normalized spacial score (nSPS) is 12.5. The highest BCUT2D eigenvalue weighted by atomic mass is 16.1. The molecule has 2 aromatic carbocycles. The lowest BCUT2D eigenvalue weighted by Crippen LogP contribution is -2.15. The average Bonchev–Trinajstić information content (AvgIpc) is 3.21. The standard InChI is InChI=1S/C20H20N4O/c1-13-19(16-7-8-17-15(12-16)9-10-21-17)24-20(22-13)23-18(25)11-14-5-3-2-4-6-14/h2-8,12,21H,9-11H2,1H3,(H2,22,23,24,25). The van der Waals surface area contributed by atoms with Gasteiger partial charge in [-0.15, -0.1) is 0 Å². The fourth-order valence-electron chi connectivity index (χ4n) is 3.21. The topological polar surface area (TPSA) is 69.8 Å². The summed E-state index contributed by atoms with van der Waals surface area (Å²) >= 11 is 0. The molecule has 1 aliphatic heterocycles. The molecule has 3 aromatic rings.